The molecule has 198 valence electrons. The molecule has 0 spiro atoms. The number of benzene rings is 1. The number of carbonyl (C=O) groups excluding carboxylic acids is 2. The lowest BCUT2D eigenvalue weighted by Crippen LogP contribution is -2.47. The maximum absolute atomic E-state index is 13.9. The Balaban J connectivity index is 1.43. The first-order valence-electron chi connectivity index (χ1n) is 12.7. The molecule has 0 saturated heterocycles. The first kappa shape index (κ1) is 26.1. The summed E-state index contributed by atoms with van der Waals surface area (Å²) in [5.41, 5.74) is 0.886. The molecule has 1 aliphatic rings. The van der Waals surface area contributed by atoms with Crippen LogP contribution in [0.3, 0.4) is 0 Å². The smallest absolute Gasteiger partial charge is 0.248 e. The highest BCUT2D eigenvalue weighted by atomic mass is 32.1. The van der Waals surface area contributed by atoms with Crippen LogP contribution < -0.4 is 10.1 Å². The van der Waals surface area contributed by atoms with Gasteiger partial charge in [0.1, 0.15) is 18.3 Å². The second-order valence-corrected chi connectivity index (χ2v) is 11.2. The molecule has 0 radical (unpaired) electrons. The Bertz CT molecular complexity index is 1320. The van der Waals surface area contributed by atoms with Gasteiger partial charge in [-0.05, 0) is 58.6 Å². The van der Waals surface area contributed by atoms with E-state index in [-0.39, 0.29) is 30.9 Å². The van der Waals surface area contributed by atoms with Crippen LogP contribution in [0.25, 0.3) is 10.7 Å². The summed E-state index contributed by atoms with van der Waals surface area (Å²) in [6.07, 6.45) is 5.33. The van der Waals surface area contributed by atoms with E-state index in [1.165, 1.54) is 33.9 Å². The van der Waals surface area contributed by atoms with Crippen LogP contribution in [-0.2, 0) is 22.7 Å². The average Bonchev–Trinajstić information content (AvgIpc) is 3.73. The number of nitrogens with one attached hydrogen (secondary N) is 1. The minimum Gasteiger partial charge on any atom is -0.497 e. The van der Waals surface area contributed by atoms with Gasteiger partial charge in [-0.25, -0.2) is 0 Å². The molecule has 5 rings (SSSR count). The Kier molecular flexibility index (Phi) is 8.44. The molecule has 9 nitrogen and oxygen atoms in total. The molecule has 0 bridgehead atoms. The topological polar surface area (TPSA) is 102 Å². The van der Waals surface area contributed by atoms with Crippen molar-refractivity contribution in [2.24, 2.45) is 0 Å². The normalized spacial score (nSPS) is 14.7. The largest absolute Gasteiger partial charge is 0.497 e. The van der Waals surface area contributed by atoms with Crippen LogP contribution in [0.4, 0.5) is 0 Å². The van der Waals surface area contributed by atoms with Gasteiger partial charge in [0.2, 0.25) is 17.6 Å². The monoisotopic (exact) mass is 550 g/mol. The van der Waals surface area contributed by atoms with Crippen molar-refractivity contribution < 1.29 is 14.3 Å². The van der Waals surface area contributed by atoms with E-state index < -0.39 is 6.04 Å². The zero-order valence-electron chi connectivity index (χ0n) is 21.2. The fourth-order valence-electron chi connectivity index (χ4n) is 4.68. The molecule has 38 heavy (non-hydrogen) atoms. The lowest BCUT2D eigenvalue weighted by atomic mass is 9.95. The summed E-state index contributed by atoms with van der Waals surface area (Å²) in [6.45, 7) is 0.114. The summed E-state index contributed by atoms with van der Waals surface area (Å²) in [4.78, 5) is 32.3. The maximum Gasteiger partial charge on any atom is 0.248 e. The third kappa shape index (κ3) is 6.28. The predicted octanol–water partition coefficient (Wildman–Crippen LogP) is 4.69. The SMILES string of the molecule is COc1ccc(CN(C(=O)Cn2nnc(-c3cccs3)n2)[C@@H](C(=O)NC2CCCCC2)c2cccs2)cc1. The molecule has 1 N–H and O–H groups in total. The van der Waals surface area contributed by atoms with Crippen molar-refractivity contribution in [3.63, 3.8) is 0 Å². The number of hydrogen-bond acceptors (Lipinski definition) is 8. The van der Waals surface area contributed by atoms with Crippen LogP contribution in [0.1, 0.15) is 48.6 Å². The zero-order valence-corrected chi connectivity index (χ0v) is 22.8. The lowest BCUT2D eigenvalue weighted by molar-refractivity contribution is -0.142. The molecule has 0 aliphatic heterocycles. The van der Waals surface area contributed by atoms with E-state index in [2.05, 4.69) is 20.7 Å². The maximum atomic E-state index is 13.9. The van der Waals surface area contributed by atoms with E-state index in [0.717, 1.165) is 46.8 Å². The summed E-state index contributed by atoms with van der Waals surface area (Å²) in [6, 6.07) is 14.5. The molecule has 4 aromatic rings. The first-order valence-corrected chi connectivity index (χ1v) is 14.4. The van der Waals surface area contributed by atoms with Crippen LogP contribution in [-0.4, -0.2) is 50.1 Å². The van der Waals surface area contributed by atoms with Gasteiger partial charge in [0, 0.05) is 17.5 Å². The number of hydrogen-bond donors (Lipinski definition) is 1. The third-order valence-corrected chi connectivity index (χ3v) is 8.42. The number of carbonyl (C=O) groups is 2. The highest BCUT2D eigenvalue weighted by Gasteiger charge is 2.34. The van der Waals surface area contributed by atoms with Crippen molar-refractivity contribution in [3.8, 4) is 16.5 Å². The molecular weight excluding hydrogens is 520 g/mol. The van der Waals surface area contributed by atoms with Crippen LogP contribution >= 0.6 is 22.7 Å². The Hall–Kier alpha value is -3.57. The number of ether oxygens (including phenoxy) is 1. The fraction of sp³-hybridized carbons (Fsp3) is 0.370. The van der Waals surface area contributed by atoms with Gasteiger partial charge in [-0.1, -0.05) is 43.5 Å². The average molecular weight is 551 g/mol. The van der Waals surface area contributed by atoms with Crippen molar-refractivity contribution in [1.29, 1.82) is 0 Å². The van der Waals surface area contributed by atoms with Crippen molar-refractivity contribution in [3.05, 3.63) is 69.7 Å². The van der Waals surface area contributed by atoms with E-state index >= 15 is 0 Å². The molecule has 1 aliphatic carbocycles. The van der Waals surface area contributed by atoms with Gasteiger partial charge in [0.25, 0.3) is 0 Å². The number of rotatable bonds is 10. The second kappa shape index (κ2) is 12.3. The van der Waals surface area contributed by atoms with Crippen molar-refractivity contribution >= 4 is 34.5 Å². The van der Waals surface area contributed by atoms with Crippen LogP contribution in [0.15, 0.2) is 59.3 Å². The van der Waals surface area contributed by atoms with Crippen LogP contribution in [0, 0.1) is 0 Å². The summed E-state index contributed by atoms with van der Waals surface area (Å²) < 4.78 is 5.29. The highest BCUT2D eigenvalue weighted by molar-refractivity contribution is 7.13. The van der Waals surface area contributed by atoms with Crippen molar-refractivity contribution in [2.45, 2.75) is 57.3 Å². The predicted molar refractivity (Wildman–Crippen MR) is 147 cm³/mol. The molecule has 3 aromatic heterocycles. The van der Waals surface area contributed by atoms with E-state index in [9.17, 15) is 9.59 Å². The van der Waals surface area contributed by atoms with Gasteiger partial charge in [0.05, 0.1) is 12.0 Å². The standard InChI is InChI=1S/C27H30N6O3S2/c1-36-21-13-11-19(12-14-21)17-32(24(34)18-33-30-26(29-31-33)23-10-6-16-38-23)25(22-9-5-15-37-22)27(35)28-20-7-3-2-4-8-20/h5-6,9-16,20,25H,2-4,7-8,17-18H2,1H3,(H,28,35)/t25-/m1/s1. The summed E-state index contributed by atoms with van der Waals surface area (Å²) in [5, 5.41) is 19.7. The molecule has 1 fully saturated rings. The highest BCUT2D eigenvalue weighted by Crippen LogP contribution is 2.29. The summed E-state index contributed by atoms with van der Waals surface area (Å²) >= 11 is 2.98. The Morgan fingerprint density at radius 1 is 1.08 bits per heavy atom. The van der Waals surface area contributed by atoms with Gasteiger partial charge in [-0.3, -0.25) is 9.59 Å². The quantitative estimate of drug-likeness (QED) is 0.307. The summed E-state index contributed by atoms with van der Waals surface area (Å²) in [7, 11) is 1.61. The molecular formula is C27H30N6O3S2. The second-order valence-electron chi connectivity index (χ2n) is 9.25. The number of thiophene rings is 2. The molecule has 1 aromatic carbocycles. The van der Waals surface area contributed by atoms with Crippen molar-refractivity contribution in [1.82, 2.24) is 30.4 Å². The Labute approximate surface area is 229 Å². The Morgan fingerprint density at radius 2 is 1.84 bits per heavy atom. The molecule has 1 saturated carbocycles. The van der Waals surface area contributed by atoms with Crippen molar-refractivity contribution in [2.75, 3.05) is 7.11 Å². The molecule has 2 amide bonds. The van der Waals surface area contributed by atoms with Gasteiger partial charge in [-0.15, -0.1) is 32.9 Å². The van der Waals surface area contributed by atoms with E-state index in [1.807, 2.05) is 59.3 Å². The third-order valence-electron chi connectivity index (χ3n) is 6.63. The minimum absolute atomic E-state index is 0.127. The first-order chi connectivity index (χ1) is 18.6. The number of nitrogens with zero attached hydrogens (tertiary/aromatic N) is 5. The molecule has 3 heterocycles. The van der Waals surface area contributed by atoms with Crippen LogP contribution in [0.2, 0.25) is 0 Å². The number of methoxy groups -OCH3 is 1. The van der Waals surface area contributed by atoms with E-state index in [4.69, 9.17) is 4.74 Å². The summed E-state index contributed by atoms with van der Waals surface area (Å²) in [5.74, 6) is 0.768. The van der Waals surface area contributed by atoms with Gasteiger partial charge < -0.3 is 15.0 Å². The molecule has 0 unspecified atom stereocenters. The van der Waals surface area contributed by atoms with Gasteiger partial charge >= 0.3 is 0 Å². The molecule has 1 atom stereocenters. The lowest BCUT2D eigenvalue weighted by Gasteiger charge is -2.32. The zero-order chi connectivity index (χ0) is 26.3. The van der Waals surface area contributed by atoms with Gasteiger partial charge in [-0.2, -0.15) is 4.80 Å². The minimum atomic E-state index is -0.771. The fourth-order valence-corrected chi connectivity index (χ4v) is 6.16. The van der Waals surface area contributed by atoms with E-state index in [0.29, 0.717) is 5.82 Å². The number of aromatic nitrogens is 4. The van der Waals surface area contributed by atoms with Crippen LogP contribution in [0.5, 0.6) is 5.75 Å². The van der Waals surface area contributed by atoms with E-state index in [1.54, 1.807) is 12.0 Å². The number of tetrazole rings is 1. The molecule has 11 heteroatoms. The van der Waals surface area contributed by atoms with Gasteiger partial charge in [0.15, 0.2) is 0 Å². The Morgan fingerprint density at radius 3 is 2.53 bits per heavy atom. The number of amides is 2.